The van der Waals surface area contributed by atoms with Gasteiger partial charge < -0.3 is 20.1 Å². The van der Waals surface area contributed by atoms with Crippen LogP contribution in [0.2, 0.25) is 0 Å². The Morgan fingerprint density at radius 2 is 1.76 bits per heavy atom. The predicted octanol–water partition coefficient (Wildman–Crippen LogP) is 3.61. The van der Waals surface area contributed by atoms with Gasteiger partial charge in [-0.15, -0.1) is 0 Å². The normalized spacial score (nSPS) is 16.0. The molecule has 2 amide bonds. The Kier molecular flexibility index (Phi) is 6.04. The average molecular weight is 459 g/mol. The Morgan fingerprint density at radius 3 is 2.48 bits per heavy atom. The van der Waals surface area contributed by atoms with E-state index in [-0.39, 0.29) is 24.3 Å². The van der Waals surface area contributed by atoms with Crippen molar-refractivity contribution < 1.29 is 19.1 Å². The Hall–Kier alpha value is -2.54. The number of benzene rings is 2. The number of nitrogens with one attached hydrogen (secondary N) is 2. The summed E-state index contributed by atoms with van der Waals surface area (Å²) < 4.78 is 12.2. The number of hydrogen-bond acceptors (Lipinski definition) is 4. The molecular weight excluding hydrogens is 436 g/mol. The highest BCUT2D eigenvalue weighted by molar-refractivity contribution is 9.10. The van der Waals surface area contributed by atoms with Crippen molar-refractivity contribution >= 4 is 27.7 Å². The molecule has 1 heterocycles. The number of hydrogen-bond donors (Lipinski definition) is 2. The van der Waals surface area contributed by atoms with Gasteiger partial charge in [0.15, 0.2) is 11.5 Å². The SMILES string of the molecule is O=C(CCNC(=O)c1ccc(Br)cc1)NC(c1ccc2c(c1)OCCO2)C1CC1. The second-order valence-electron chi connectivity index (χ2n) is 7.30. The van der Waals surface area contributed by atoms with Gasteiger partial charge in [0.05, 0.1) is 6.04 Å². The largest absolute Gasteiger partial charge is 0.486 e. The third-order valence-electron chi connectivity index (χ3n) is 5.08. The minimum atomic E-state index is -0.184. The third kappa shape index (κ3) is 5.09. The van der Waals surface area contributed by atoms with Crippen LogP contribution in [0.5, 0.6) is 11.5 Å². The van der Waals surface area contributed by atoms with E-state index >= 15 is 0 Å². The fourth-order valence-electron chi connectivity index (χ4n) is 3.39. The zero-order valence-electron chi connectivity index (χ0n) is 15.9. The highest BCUT2D eigenvalue weighted by atomic mass is 79.9. The lowest BCUT2D eigenvalue weighted by atomic mass is 10.0. The van der Waals surface area contributed by atoms with E-state index in [1.807, 2.05) is 30.3 Å². The minimum absolute atomic E-state index is 0.0412. The summed E-state index contributed by atoms with van der Waals surface area (Å²) in [5.41, 5.74) is 1.60. The first kappa shape index (κ1) is 19.8. The van der Waals surface area contributed by atoms with Crippen LogP contribution in [0.3, 0.4) is 0 Å². The molecule has 1 aliphatic heterocycles. The molecule has 2 aromatic carbocycles. The summed E-state index contributed by atoms with van der Waals surface area (Å²) in [5.74, 6) is 1.66. The monoisotopic (exact) mass is 458 g/mol. The van der Waals surface area contributed by atoms with Crippen molar-refractivity contribution in [1.82, 2.24) is 10.6 Å². The summed E-state index contributed by atoms with van der Waals surface area (Å²) in [7, 11) is 0. The molecule has 0 aromatic heterocycles. The van der Waals surface area contributed by atoms with Crippen LogP contribution in [0.15, 0.2) is 46.9 Å². The van der Waals surface area contributed by atoms with Crippen molar-refractivity contribution in [1.29, 1.82) is 0 Å². The Labute approximate surface area is 178 Å². The Balaban J connectivity index is 1.31. The minimum Gasteiger partial charge on any atom is -0.486 e. The van der Waals surface area contributed by atoms with E-state index in [0.29, 0.717) is 31.2 Å². The molecule has 1 saturated carbocycles. The van der Waals surface area contributed by atoms with E-state index in [1.165, 1.54) is 0 Å². The Bertz CT molecular complexity index is 896. The van der Waals surface area contributed by atoms with Crippen LogP contribution in [-0.2, 0) is 4.79 Å². The quantitative estimate of drug-likeness (QED) is 0.664. The maximum Gasteiger partial charge on any atom is 0.251 e. The number of ether oxygens (including phenoxy) is 2. The second-order valence-corrected chi connectivity index (χ2v) is 8.21. The van der Waals surface area contributed by atoms with Crippen molar-refractivity contribution in [2.45, 2.75) is 25.3 Å². The molecule has 29 heavy (non-hydrogen) atoms. The molecule has 1 atom stereocenters. The summed E-state index contributed by atoms with van der Waals surface area (Å²) in [5, 5.41) is 5.93. The van der Waals surface area contributed by atoms with Gasteiger partial charge in [-0.3, -0.25) is 9.59 Å². The standard InChI is InChI=1S/C22H23BrN2O4/c23-17-6-3-15(4-7-17)22(27)24-10-9-20(26)25-21(14-1-2-14)16-5-8-18-19(13-16)29-12-11-28-18/h3-8,13-14,21H,1-2,9-12H2,(H,24,27)(H,25,26). The zero-order valence-corrected chi connectivity index (χ0v) is 17.5. The van der Waals surface area contributed by atoms with Crippen LogP contribution < -0.4 is 20.1 Å². The lowest BCUT2D eigenvalue weighted by Gasteiger charge is -2.23. The van der Waals surface area contributed by atoms with Crippen molar-refractivity contribution in [2.24, 2.45) is 5.92 Å². The topological polar surface area (TPSA) is 76.7 Å². The highest BCUT2D eigenvalue weighted by Gasteiger charge is 2.34. The van der Waals surface area contributed by atoms with Crippen LogP contribution >= 0.6 is 15.9 Å². The van der Waals surface area contributed by atoms with Gasteiger partial charge in [-0.1, -0.05) is 22.0 Å². The van der Waals surface area contributed by atoms with E-state index in [1.54, 1.807) is 12.1 Å². The Morgan fingerprint density at radius 1 is 1.03 bits per heavy atom. The predicted molar refractivity (Wildman–Crippen MR) is 112 cm³/mol. The molecule has 1 unspecified atom stereocenters. The van der Waals surface area contributed by atoms with Gasteiger partial charge in [-0.2, -0.15) is 0 Å². The van der Waals surface area contributed by atoms with Crippen LogP contribution in [0.1, 0.15) is 41.2 Å². The fourth-order valence-corrected chi connectivity index (χ4v) is 3.66. The number of fused-ring (bicyclic) bond motifs is 1. The average Bonchev–Trinajstić information content (AvgIpc) is 3.57. The molecule has 0 radical (unpaired) electrons. The number of rotatable bonds is 7. The van der Waals surface area contributed by atoms with Crippen molar-refractivity contribution in [2.75, 3.05) is 19.8 Å². The molecule has 152 valence electrons. The number of halogens is 1. The molecule has 4 rings (SSSR count). The van der Waals surface area contributed by atoms with Crippen molar-refractivity contribution in [3.05, 3.63) is 58.1 Å². The van der Waals surface area contributed by atoms with Gasteiger partial charge in [0.1, 0.15) is 13.2 Å². The second kappa shape index (κ2) is 8.86. The molecule has 0 bridgehead atoms. The summed E-state index contributed by atoms with van der Waals surface area (Å²) in [6.07, 6.45) is 2.43. The maximum atomic E-state index is 12.5. The molecule has 2 N–H and O–H groups in total. The smallest absolute Gasteiger partial charge is 0.251 e. The maximum absolute atomic E-state index is 12.5. The molecule has 1 fully saturated rings. The molecule has 1 aliphatic carbocycles. The van der Waals surface area contributed by atoms with E-state index in [2.05, 4.69) is 26.6 Å². The molecule has 0 saturated heterocycles. The lowest BCUT2D eigenvalue weighted by molar-refractivity contribution is -0.121. The van der Waals surface area contributed by atoms with Crippen LogP contribution in [0.4, 0.5) is 0 Å². The fraction of sp³-hybridized carbons (Fsp3) is 0.364. The first-order valence-electron chi connectivity index (χ1n) is 9.83. The van der Waals surface area contributed by atoms with E-state index in [9.17, 15) is 9.59 Å². The summed E-state index contributed by atoms with van der Waals surface area (Å²) in [6, 6.07) is 12.9. The van der Waals surface area contributed by atoms with Gasteiger partial charge in [0.2, 0.25) is 5.91 Å². The van der Waals surface area contributed by atoms with Crippen molar-refractivity contribution in [3.8, 4) is 11.5 Å². The molecule has 2 aliphatic rings. The molecule has 6 nitrogen and oxygen atoms in total. The van der Waals surface area contributed by atoms with Crippen LogP contribution in [0.25, 0.3) is 0 Å². The van der Waals surface area contributed by atoms with Crippen LogP contribution in [-0.4, -0.2) is 31.6 Å². The molecule has 7 heteroatoms. The van der Waals surface area contributed by atoms with E-state index < -0.39 is 0 Å². The van der Waals surface area contributed by atoms with Gasteiger partial charge in [0.25, 0.3) is 5.91 Å². The number of amides is 2. The van der Waals surface area contributed by atoms with E-state index in [4.69, 9.17) is 9.47 Å². The van der Waals surface area contributed by atoms with Gasteiger partial charge >= 0.3 is 0 Å². The molecular formula is C22H23BrN2O4. The summed E-state index contributed by atoms with van der Waals surface area (Å²) in [4.78, 5) is 24.6. The number of carbonyl (C=O) groups excluding carboxylic acids is 2. The number of carbonyl (C=O) groups is 2. The summed E-state index contributed by atoms with van der Waals surface area (Å²) >= 11 is 3.35. The third-order valence-corrected chi connectivity index (χ3v) is 5.61. The van der Waals surface area contributed by atoms with Gasteiger partial charge in [-0.25, -0.2) is 0 Å². The first-order valence-corrected chi connectivity index (χ1v) is 10.6. The lowest BCUT2D eigenvalue weighted by Crippen LogP contribution is -2.33. The first-order chi connectivity index (χ1) is 14.1. The summed E-state index contributed by atoms with van der Waals surface area (Å²) in [6.45, 7) is 1.38. The van der Waals surface area contributed by atoms with E-state index in [0.717, 1.165) is 34.4 Å². The highest BCUT2D eigenvalue weighted by Crippen LogP contribution is 2.43. The van der Waals surface area contributed by atoms with Gasteiger partial charge in [-0.05, 0) is 60.7 Å². The van der Waals surface area contributed by atoms with Gasteiger partial charge in [0, 0.05) is 23.0 Å². The molecule has 2 aromatic rings. The van der Waals surface area contributed by atoms with Crippen molar-refractivity contribution in [3.63, 3.8) is 0 Å². The molecule has 0 spiro atoms. The van der Waals surface area contributed by atoms with Crippen LogP contribution in [0, 0.1) is 5.92 Å². The zero-order chi connectivity index (χ0) is 20.2.